The number of esters is 1. The van der Waals surface area contributed by atoms with Crippen LogP contribution in [0.5, 0.6) is 0 Å². The molecule has 1 aromatic carbocycles. The molecule has 27 heavy (non-hydrogen) atoms. The first-order valence-electron chi connectivity index (χ1n) is 8.68. The summed E-state index contributed by atoms with van der Waals surface area (Å²) in [6, 6.07) is 6.47. The fraction of sp³-hybridized carbons (Fsp3) is 0.368. The highest BCUT2D eigenvalue weighted by atomic mass is 35.5. The zero-order valence-corrected chi connectivity index (χ0v) is 15.0. The Hall–Kier alpha value is -2.67. The number of carbonyl (C=O) groups excluding carboxylic acids is 4. The number of likely N-dealkylation sites (tertiary alicyclic amines) is 1. The molecule has 1 N–H and O–H groups in total. The lowest BCUT2D eigenvalue weighted by Crippen LogP contribution is -2.38. The summed E-state index contributed by atoms with van der Waals surface area (Å²) in [6.45, 7) is -0.963. The first kappa shape index (κ1) is 17.7. The number of anilines is 1. The second-order valence-corrected chi connectivity index (χ2v) is 7.41. The van der Waals surface area contributed by atoms with Crippen molar-refractivity contribution in [2.24, 2.45) is 23.7 Å². The lowest BCUT2D eigenvalue weighted by atomic mass is 9.85. The predicted octanol–water partition coefficient (Wildman–Crippen LogP) is 1.63. The Morgan fingerprint density at radius 3 is 2.26 bits per heavy atom. The van der Waals surface area contributed by atoms with Crippen molar-refractivity contribution in [3.63, 3.8) is 0 Å². The van der Waals surface area contributed by atoms with Gasteiger partial charge in [-0.05, 0) is 42.5 Å². The predicted molar refractivity (Wildman–Crippen MR) is 95.5 cm³/mol. The minimum atomic E-state index is -0.789. The summed E-state index contributed by atoms with van der Waals surface area (Å²) in [5.41, 5.74) is 0.515. The lowest BCUT2D eigenvalue weighted by molar-refractivity contribution is -0.154. The lowest BCUT2D eigenvalue weighted by Gasteiger charge is -2.16. The third-order valence-corrected chi connectivity index (χ3v) is 5.59. The monoisotopic (exact) mass is 388 g/mol. The third-order valence-electron chi connectivity index (χ3n) is 5.34. The SMILES string of the molecule is O=C(COC(=O)CN1C(=O)[C@H]2[C@H](C1=O)[C@H]1C=C[C@H]2C1)Nc1ccc(Cl)cc1. The van der Waals surface area contributed by atoms with Gasteiger partial charge in [0.1, 0.15) is 6.54 Å². The van der Waals surface area contributed by atoms with E-state index in [1.165, 1.54) is 0 Å². The number of imide groups is 1. The van der Waals surface area contributed by atoms with Gasteiger partial charge in [0, 0.05) is 10.7 Å². The molecule has 1 aliphatic heterocycles. The fourth-order valence-electron chi connectivity index (χ4n) is 4.17. The van der Waals surface area contributed by atoms with Gasteiger partial charge in [-0.25, -0.2) is 0 Å². The van der Waals surface area contributed by atoms with Gasteiger partial charge in [-0.2, -0.15) is 0 Å². The molecule has 4 atom stereocenters. The van der Waals surface area contributed by atoms with Crippen LogP contribution in [0, 0.1) is 23.7 Å². The Bertz CT molecular complexity index is 820. The molecule has 0 aromatic heterocycles. The molecule has 0 spiro atoms. The molecule has 1 aromatic rings. The number of fused-ring (bicyclic) bond motifs is 5. The van der Waals surface area contributed by atoms with Crippen LogP contribution in [0.4, 0.5) is 5.69 Å². The summed E-state index contributed by atoms with van der Waals surface area (Å²) >= 11 is 5.77. The number of nitrogens with zero attached hydrogens (tertiary/aromatic N) is 1. The van der Waals surface area contributed by atoms with E-state index in [0.717, 1.165) is 11.3 Å². The maximum Gasteiger partial charge on any atom is 0.326 e. The van der Waals surface area contributed by atoms with Crippen LogP contribution in [0.3, 0.4) is 0 Å². The summed E-state index contributed by atoms with van der Waals surface area (Å²) in [6.07, 6.45) is 4.80. The van der Waals surface area contributed by atoms with Crippen molar-refractivity contribution in [2.45, 2.75) is 6.42 Å². The Kier molecular flexibility index (Phi) is 4.47. The van der Waals surface area contributed by atoms with Crippen LogP contribution >= 0.6 is 11.6 Å². The molecule has 8 heteroatoms. The molecule has 0 unspecified atom stereocenters. The van der Waals surface area contributed by atoms with Crippen LogP contribution in [0.2, 0.25) is 5.02 Å². The smallest absolute Gasteiger partial charge is 0.326 e. The van der Waals surface area contributed by atoms with Crippen LogP contribution in [0.25, 0.3) is 0 Å². The third kappa shape index (κ3) is 3.23. The molecular formula is C19H17ClN2O5. The first-order chi connectivity index (χ1) is 12.9. The van der Waals surface area contributed by atoms with Gasteiger partial charge in [-0.3, -0.25) is 24.1 Å². The molecule has 1 heterocycles. The minimum absolute atomic E-state index is 0.0858. The molecule has 2 aliphatic carbocycles. The average molecular weight is 389 g/mol. The van der Waals surface area contributed by atoms with Crippen LogP contribution in [0.15, 0.2) is 36.4 Å². The van der Waals surface area contributed by atoms with Crippen molar-refractivity contribution < 1.29 is 23.9 Å². The fourth-order valence-corrected chi connectivity index (χ4v) is 4.30. The van der Waals surface area contributed by atoms with Gasteiger partial charge in [0.2, 0.25) is 11.8 Å². The summed E-state index contributed by atoms with van der Waals surface area (Å²) in [5.74, 6) is -2.48. The largest absolute Gasteiger partial charge is 0.454 e. The molecule has 1 saturated heterocycles. The van der Waals surface area contributed by atoms with Gasteiger partial charge < -0.3 is 10.1 Å². The summed E-state index contributed by atoms with van der Waals surface area (Å²) in [7, 11) is 0. The number of benzene rings is 1. The standard InChI is InChI=1S/C19H17ClN2O5/c20-12-3-5-13(6-4-12)21-14(23)9-27-15(24)8-22-18(25)16-10-1-2-11(7-10)17(16)19(22)26/h1-6,10-11,16-17H,7-9H2,(H,21,23)/t10-,11-,16+,17+/m0/s1. The van der Waals surface area contributed by atoms with Crippen LogP contribution in [-0.2, 0) is 23.9 Å². The Morgan fingerprint density at radius 1 is 1.07 bits per heavy atom. The van der Waals surface area contributed by atoms with E-state index in [4.69, 9.17) is 16.3 Å². The summed E-state index contributed by atoms with van der Waals surface area (Å²) in [5, 5.41) is 3.09. The molecule has 140 valence electrons. The Balaban J connectivity index is 1.28. The number of rotatable bonds is 5. The highest BCUT2D eigenvalue weighted by Gasteiger charge is 2.59. The Morgan fingerprint density at radius 2 is 1.67 bits per heavy atom. The van der Waals surface area contributed by atoms with Crippen molar-refractivity contribution in [1.29, 1.82) is 0 Å². The van der Waals surface area contributed by atoms with Gasteiger partial charge in [0.05, 0.1) is 11.8 Å². The van der Waals surface area contributed by atoms with Crippen LogP contribution in [0.1, 0.15) is 6.42 Å². The number of nitrogens with one attached hydrogen (secondary N) is 1. The molecule has 2 bridgehead atoms. The molecule has 3 amide bonds. The van der Waals surface area contributed by atoms with Crippen molar-refractivity contribution >= 4 is 41.0 Å². The van der Waals surface area contributed by atoms with Crippen molar-refractivity contribution in [3.8, 4) is 0 Å². The minimum Gasteiger partial charge on any atom is -0.454 e. The van der Waals surface area contributed by atoms with E-state index in [-0.39, 0.29) is 35.5 Å². The highest BCUT2D eigenvalue weighted by molar-refractivity contribution is 6.30. The second kappa shape index (κ2) is 6.81. The second-order valence-electron chi connectivity index (χ2n) is 6.98. The number of hydrogen-bond donors (Lipinski definition) is 1. The number of ether oxygens (including phenoxy) is 1. The number of hydrogen-bond acceptors (Lipinski definition) is 5. The van der Waals surface area contributed by atoms with Crippen LogP contribution in [-0.4, -0.2) is 41.7 Å². The van der Waals surface area contributed by atoms with Gasteiger partial charge in [0.25, 0.3) is 5.91 Å². The molecule has 7 nitrogen and oxygen atoms in total. The summed E-state index contributed by atoms with van der Waals surface area (Å²) in [4.78, 5) is 49.8. The summed E-state index contributed by atoms with van der Waals surface area (Å²) < 4.78 is 4.91. The van der Waals surface area contributed by atoms with Gasteiger partial charge >= 0.3 is 5.97 Å². The van der Waals surface area contributed by atoms with Gasteiger partial charge in [0.15, 0.2) is 6.61 Å². The number of halogens is 1. The highest BCUT2D eigenvalue weighted by Crippen LogP contribution is 2.52. The van der Waals surface area contributed by atoms with Crippen molar-refractivity contribution in [2.75, 3.05) is 18.5 Å². The number of carbonyl (C=O) groups is 4. The van der Waals surface area contributed by atoms with E-state index in [1.807, 2.05) is 12.2 Å². The van der Waals surface area contributed by atoms with E-state index in [0.29, 0.717) is 10.7 Å². The molecule has 4 rings (SSSR count). The molecule has 1 saturated carbocycles. The van der Waals surface area contributed by atoms with E-state index in [9.17, 15) is 19.2 Å². The van der Waals surface area contributed by atoms with Crippen molar-refractivity contribution in [3.05, 3.63) is 41.4 Å². The van der Waals surface area contributed by atoms with Gasteiger partial charge in [-0.1, -0.05) is 23.8 Å². The maximum atomic E-state index is 12.5. The molecule has 0 radical (unpaired) electrons. The first-order valence-corrected chi connectivity index (χ1v) is 9.06. The topological polar surface area (TPSA) is 92.8 Å². The average Bonchev–Trinajstić information content (AvgIpc) is 3.32. The maximum absolute atomic E-state index is 12.5. The zero-order valence-electron chi connectivity index (χ0n) is 14.3. The molecular weight excluding hydrogens is 372 g/mol. The van der Waals surface area contributed by atoms with Crippen LogP contribution < -0.4 is 5.32 Å². The van der Waals surface area contributed by atoms with E-state index >= 15 is 0 Å². The van der Waals surface area contributed by atoms with E-state index in [1.54, 1.807) is 24.3 Å². The van der Waals surface area contributed by atoms with Gasteiger partial charge in [-0.15, -0.1) is 0 Å². The number of allylic oxidation sites excluding steroid dienone is 2. The molecule has 3 aliphatic rings. The molecule has 2 fully saturated rings. The number of amides is 3. The zero-order chi connectivity index (χ0) is 19.1. The van der Waals surface area contributed by atoms with E-state index < -0.39 is 25.0 Å². The normalized spacial score (nSPS) is 27.8. The quantitative estimate of drug-likeness (QED) is 0.470. The van der Waals surface area contributed by atoms with E-state index in [2.05, 4.69) is 5.32 Å². The van der Waals surface area contributed by atoms with Crippen molar-refractivity contribution in [1.82, 2.24) is 4.90 Å². The Labute approximate surface area is 160 Å².